The van der Waals surface area contributed by atoms with Crippen molar-refractivity contribution in [1.29, 1.82) is 0 Å². The summed E-state index contributed by atoms with van der Waals surface area (Å²) in [5.74, 6) is -0.450. The monoisotopic (exact) mass is 338 g/mol. The maximum Gasteiger partial charge on any atom is 0.244 e. The minimum absolute atomic E-state index is 0.0494. The number of imide groups is 1. The minimum atomic E-state index is -3.76. The Labute approximate surface area is 134 Å². The van der Waals surface area contributed by atoms with E-state index in [0.29, 0.717) is 6.42 Å². The molecule has 1 aliphatic carbocycles. The second kappa shape index (κ2) is 5.93. The third kappa shape index (κ3) is 3.23. The van der Waals surface area contributed by atoms with Gasteiger partial charge in [-0.2, -0.15) is 0 Å². The number of nitrogens with zero attached hydrogens (tertiary/aromatic N) is 1. The molecule has 23 heavy (non-hydrogen) atoms. The second-order valence-electron chi connectivity index (χ2n) is 5.71. The molecule has 124 valence electrons. The summed E-state index contributed by atoms with van der Waals surface area (Å²) in [6, 6.07) is 4.26. The van der Waals surface area contributed by atoms with Crippen molar-refractivity contribution < 1.29 is 22.7 Å². The number of carbonyl (C=O) groups is 2. The Hall–Kier alpha value is -1.93. The van der Waals surface area contributed by atoms with Gasteiger partial charge in [0.2, 0.25) is 21.8 Å². The standard InChI is InChI=1S/C15H18N2O5S/c1-22-12-8-7-11(17-14(18)3-2-4-15(17)19)9-13(12)23(20,21)16-10-5-6-10/h7-10,16H,2-6H2,1H3. The van der Waals surface area contributed by atoms with Crippen molar-refractivity contribution in [2.24, 2.45) is 0 Å². The predicted molar refractivity (Wildman–Crippen MR) is 82.7 cm³/mol. The first-order chi connectivity index (χ1) is 10.9. The average molecular weight is 338 g/mol. The SMILES string of the molecule is COc1ccc(N2C(=O)CCCC2=O)cc1S(=O)(=O)NC1CC1. The Morgan fingerprint density at radius 1 is 1.17 bits per heavy atom. The molecule has 7 nitrogen and oxygen atoms in total. The summed E-state index contributed by atoms with van der Waals surface area (Å²) in [7, 11) is -2.38. The number of amides is 2. The van der Waals surface area contributed by atoms with E-state index in [1.54, 1.807) is 0 Å². The van der Waals surface area contributed by atoms with E-state index >= 15 is 0 Å². The van der Waals surface area contributed by atoms with E-state index in [2.05, 4.69) is 4.72 Å². The Kier molecular flexibility index (Phi) is 4.11. The molecule has 1 aromatic rings. The summed E-state index contributed by atoms with van der Waals surface area (Å²) < 4.78 is 32.7. The van der Waals surface area contributed by atoms with Crippen LogP contribution in [0.3, 0.4) is 0 Å². The van der Waals surface area contributed by atoms with Crippen LogP contribution in [0, 0.1) is 0 Å². The lowest BCUT2D eigenvalue weighted by atomic mass is 10.1. The van der Waals surface area contributed by atoms with Gasteiger partial charge in [-0.3, -0.25) is 14.5 Å². The fourth-order valence-corrected chi connectivity index (χ4v) is 4.03. The van der Waals surface area contributed by atoms with E-state index in [4.69, 9.17) is 4.74 Å². The minimum Gasteiger partial charge on any atom is -0.495 e. The molecule has 8 heteroatoms. The van der Waals surface area contributed by atoms with Crippen molar-refractivity contribution in [2.45, 2.75) is 43.0 Å². The van der Waals surface area contributed by atoms with Crippen molar-refractivity contribution in [1.82, 2.24) is 4.72 Å². The van der Waals surface area contributed by atoms with Gasteiger partial charge >= 0.3 is 0 Å². The van der Waals surface area contributed by atoms with Crippen molar-refractivity contribution >= 4 is 27.5 Å². The van der Waals surface area contributed by atoms with E-state index in [0.717, 1.165) is 17.7 Å². The highest BCUT2D eigenvalue weighted by atomic mass is 32.2. The van der Waals surface area contributed by atoms with Gasteiger partial charge in [0, 0.05) is 18.9 Å². The zero-order chi connectivity index (χ0) is 16.6. The Morgan fingerprint density at radius 3 is 2.39 bits per heavy atom. The zero-order valence-electron chi connectivity index (χ0n) is 12.7. The zero-order valence-corrected chi connectivity index (χ0v) is 13.6. The third-order valence-corrected chi connectivity index (χ3v) is 5.42. The van der Waals surface area contributed by atoms with Crippen LogP contribution < -0.4 is 14.4 Å². The Bertz CT molecular complexity index is 739. The van der Waals surface area contributed by atoms with Crippen LogP contribution in [0.15, 0.2) is 23.1 Å². The molecule has 1 aromatic carbocycles. The molecule has 2 fully saturated rings. The van der Waals surface area contributed by atoms with E-state index < -0.39 is 10.0 Å². The molecular formula is C15H18N2O5S. The van der Waals surface area contributed by atoms with E-state index in [1.165, 1.54) is 25.3 Å². The summed E-state index contributed by atoms with van der Waals surface area (Å²) in [6.45, 7) is 0. The normalized spacial score (nSPS) is 19.1. The number of sulfonamides is 1. The van der Waals surface area contributed by atoms with Crippen LogP contribution >= 0.6 is 0 Å². The van der Waals surface area contributed by atoms with E-state index in [1.807, 2.05) is 0 Å². The molecule has 1 aliphatic heterocycles. The Morgan fingerprint density at radius 2 is 1.83 bits per heavy atom. The van der Waals surface area contributed by atoms with Gasteiger partial charge in [0.15, 0.2) is 0 Å². The number of hydrogen-bond donors (Lipinski definition) is 1. The van der Waals surface area contributed by atoms with Gasteiger partial charge < -0.3 is 4.74 Å². The van der Waals surface area contributed by atoms with Gasteiger partial charge in [-0.1, -0.05) is 0 Å². The van der Waals surface area contributed by atoms with Crippen LogP contribution in [-0.2, 0) is 19.6 Å². The molecule has 0 atom stereocenters. The second-order valence-corrected chi connectivity index (χ2v) is 7.39. The molecule has 0 bridgehead atoms. The summed E-state index contributed by atoms with van der Waals surface area (Å²) >= 11 is 0. The van der Waals surface area contributed by atoms with Crippen LogP contribution in [0.4, 0.5) is 5.69 Å². The number of benzene rings is 1. The first-order valence-electron chi connectivity index (χ1n) is 7.48. The largest absolute Gasteiger partial charge is 0.495 e. The van der Waals surface area contributed by atoms with Crippen LogP contribution in [0.5, 0.6) is 5.75 Å². The lowest BCUT2D eigenvalue weighted by molar-refractivity contribution is -0.129. The lowest BCUT2D eigenvalue weighted by Crippen LogP contribution is -2.40. The molecule has 0 aromatic heterocycles. The molecule has 0 unspecified atom stereocenters. The summed E-state index contributed by atoms with van der Waals surface area (Å²) in [4.78, 5) is 25.0. The van der Waals surface area contributed by atoms with Gasteiger partial charge in [-0.05, 0) is 37.5 Å². The molecule has 1 saturated heterocycles. The van der Waals surface area contributed by atoms with Gasteiger partial charge in [-0.15, -0.1) is 0 Å². The lowest BCUT2D eigenvalue weighted by Gasteiger charge is -2.25. The molecule has 3 rings (SSSR count). The Balaban J connectivity index is 2.01. The topological polar surface area (TPSA) is 92.8 Å². The summed E-state index contributed by atoms with van der Waals surface area (Å²) in [6.07, 6.45) is 2.70. The molecule has 2 amide bonds. The first-order valence-corrected chi connectivity index (χ1v) is 8.97. The van der Waals surface area contributed by atoms with E-state index in [9.17, 15) is 18.0 Å². The number of nitrogens with one attached hydrogen (secondary N) is 1. The highest BCUT2D eigenvalue weighted by molar-refractivity contribution is 7.89. The number of anilines is 1. The number of methoxy groups -OCH3 is 1. The molecule has 1 saturated carbocycles. The van der Waals surface area contributed by atoms with Crippen LogP contribution in [0.25, 0.3) is 0 Å². The number of ether oxygens (including phenoxy) is 1. The number of hydrogen-bond acceptors (Lipinski definition) is 5. The van der Waals surface area contributed by atoms with Crippen molar-refractivity contribution in [3.63, 3.8) is 0 Å². The van der Waals surface area contributed by atoms with Gasteiger partial charge in [-0.25, -0.2) is 13.1 Å². The van der Waals surface area contributed by atoms with Crippen molar-refractivity contribution in [3.05, 3.63) is 18.2 Å². The van der Waals surface area contributed by atoms with Gasteiger partial charge in [0.05, 0.1) is 12.8 Å². The first kappa shape index (κ1) is 15.9. The summed E-state index contributed by atoms with van der Waals surface area (Å²) in [5.41, 5.74) is 0.261. The molecule has 1 heterocycles. The maximum absolute atomic E-state index is 12.5. The summed E-state index contributed by atoms with van der Waals surface area (Å²) in [5, 5.41) is 0. The number of piperidine rings is 1. The maximum atomic E-state index is 12.5. The molecule has 1 N–H and O–H groups in total. The fraction of sp³-hybridized carbons (Fsp3) is 0.467. The van der Waals surface area contributed by atoms with Gasteiger partial charge in [0.1, 0.15) is 10.6 Å². The number of carbonyl (C=O) groups excluding carboxylic acids is 2. The third-order valence-electron chi connectivity index (χ3n) is 3.87. The van der Waals surface area contributed by atoms with Crippen molar-refractivity contribution in [2.75, 3.05) is 12.0 Å². The quantitative estimate of drug-likeness (QED) is 0.814. The fourth-order valence-electron chi connectivity index (χ4n) is 2.54. The molecule has 2 aliphatic rings. The molecular weight excluding hydrogens is 320 g/mol. The van der Waals surface area contributed by atoms with Crippen LogP contribution in [-0.4, -0.2) is 33.4 Å². The van der Waals surface area contributed by atoms with Gasteiger partial charge in [0.25, 0.3) is 0 Å². The highest BCUT2D eigenvalue weighted by Gasteiger charge is 2.32. The van der Waals surface area contributed by atoms with E-state index in [-0.39, 0.29) is 47.0 Å². The number of rotatable bonds is 5. The van der Waals surface area contributed by atoms with Crippen molar-refractivity contribution in [3.8, 4) is 5.75 Å². The van der Waals surface area contributed by atoms with Crippen LogP contribution in [0.1, 0.15) is 32.1 Å². The highest BCUT2D eigenvalue weighted by Crippen LogP contribution is 2.32. The predicted octanol–water partition coefficient (Wildman–Crippen LogP) is 1.18. The smallest absolute Gasteiger partial charge is 0.244 e. The average Bonchev–Trinajstić information content (AvgIpc) is 3.30. The molecule has 0 radical (unpaired) electrons. The van der Waals surface area contributed by atoms with Crippen LogP contribution in [0.2, 0.25) is 0 Å². The molecule has 0 spiro atoms.